The van der Waals surface area contributed by atoms with Crippen LogP contribution in [0, 0.1) is 0 Å². The number of hydrogen-bond donors (Lipinski definition) is 0. The van der Waals surface area contributed by atoms with Crippen LogP contribution in [0.5, 0.6) is 0 Å². The molecule has 5 nitrogen and oxygen atoms in total. The van der Waals surface area contributed by atoms with E-state index < -0.39 is 6.16 Å². The summed E-state index contributed by atoms with van der Waals surface area (Å²) in [6.45, 7) is 29.3. The van der Waals surface area contributed by atoms with Gasteiger partial charge < -0.3 is 24.0 Å². The van der Waals surface area contributed by atoms with E-state index in [1.165, 1.54) is 151 Å². The molecule has 0 aromatic carbocycles. The first-order valence-electron chi connectivity index (χ1n) is 15.8. The summed E-state index contributed by atoms with van der Waals surface area (Å²) in [5.74, 6) is 0. The van der Waals surface area contributed by atoms with E-state index in [-0.39, 0.29) is 0 Å². The van der Waals surface area contributed by atoms with Gasteiger partial charge in [-0.15, -0.1) is 0 Å². The van der Waals surface area contributed by atoms with Gasteiger partial charge in [0.15, 0.2) is 0 Å². The fourth-order valence-electron chi connectivity index (χ4n) is 5.10. The molecule has 5 heteroatoms. The van der Waals surface area contributed by atoms with Gasteiger partial charge in [0.25, 0.3) is 0 Å². The molecule has 0 atom stereocenters. The van der Waals surface area contributed by atoms with E-state index in [0.29, 0.717) is 0 Å². The number of quaternary nitrogens is 2. The lowest BCUT2D eigenvalue weighted by molar-refractivity contribution is -0.923. The lowest BCUT2D eigenvalue weighted by atomic mass is 10.1. The van der Waals surface area contributed by atoms with Crippen molar-refractivity contribution in [2.75, 3.05) is 52.4 Å². The zero-order chi connectivity index (χ0) is 28.1. The highest BCUT2D eigenvalue weighted by Gasteiger charge is 2.20. The Bertz CT molecular complexity index is 381. The van der Waals surface area contributed by atoms with E-state index in [9.17, 15) is 0 Å². The Morgan fingerprint density at radius 1 is 0.417 bits per heavy atom. The molecule has 0 N–H and O–H groups in total. The van der Waals surface area contributed by atoms with Crippen LogP contribution in [-0.2, 0) is 0 Å². The number of unbranched alkanes of at least 4 members (excludes halogenated alkanes) is 12. The molecule has 0 aliphatic heterocycles. The maximum absolute atomic E-state index is 8.33. The van der Waals surface area contributed by atoms with Gasteiger partial charge in [0.2, 0.25) is 0 Å². The highest BCUT2D eigenvalue weighted by Crippen LogP contribution is 2.13. The Labute approximate surface area is 227 Å². The van der Waals surface area contributed by atoms with Crippen molar-refractivity contribution >= 4 is 6.16 Å². The standard InChI is InChI=1S/2C15H34N.CH2O3/c2*1-5-9-10-11-12-13-14-15-16(6-2,7-3)8-4;2-1(3)4/h2*5-15H2,1-4H3;(H2,2,3,4)/q2*+1;/p-2. The third kappa shape index (κ3) is 24.9. The summed E-state index contributed by atoms with van der Waals surface area (Å²) in [6, 6.07) is 0. The van der Waals surface area contributed by atoms with Crippen LogP contribution < -0.4 is 10.2 Å². The molecule has 0 bridgehead atoms. The molecule has 220 valence electrons. The largest absolute Gasteiger partial charge is 0.652 e. The maximum Gasteiger partial charge on any atom is 0.0786 e. The Hall–Kier alpha value is -0.810. The predicted molar refractivity (Wildman–Crippen MR) is 155 cm³/mol. The molecule has 0 saturated heterocycles. The first-order valence-corrected chi connectivity index (χ1v) is 15.8. The van der Waals surface area contributed by atoms with Gasteiger partial charge in [-0.2, -0.15) is 0 Å². The molecule has 0 amide bonds. The fourth-order valence-corrected chi connectivity index (χ4v) is 5.10. The monoisotopic (exact) mass is 517 g/mol. The van der Waals surface area contributed by atoms with E-state index in [2.05, 4.69) is 55.4 Å². The molecule has 0 spiro atoms. The molecular weight excluding hydrogens is 448 g/mol. The van der Waals surface area contributed by atoms with Gasteiger partial charge in [0.05, 0.1) is 52.4 Å². The van der Waals surface area contributed by atoms with Gasteiger partial charge in [-0.25, -0.2) is 0 Å². The number of rotatable bonds is 22. The van der Waals surface area contributed by atoms with Crippen LogP contribution in [0.4, 0.5) is 4.79 Å². The minimum Gasteiger partial charge on any atom is -0.652 e. The summed E-state index contributed by atoms with van der Waals surface area (Å²) in [5, 5.41) is 16.7. The quantitative estimate of drug-likeness (QED) is 0.118. The molecule has 0 fully saturated rings. The number of hydrogen-bond acceptors (Lipinski definition) is 3. The SMILES string of the molecule is CCCCCCCCC[N+](CC)(CC)CC.CCCCCCCCC[N+](CC)(CC)CC.O=C([O-])[O-]. The minimum atomic E-state index is -2.33. The van der Waals surface area contributed by atoms with Crippen molar-refractivity contribution in [3.05, 3.63) is 0 Å². The zero-order valence-electron chi connectivity index (χ0n) is 26.2. The van der Waals surface area contributed by atoms with Crippen LogP contribution in [0.15, 0.2) is 0 Å². The van der Waals surface area contributed by atoms with E-state index in [4.69, 9.17) is 15.0 Å². The first-order chi connectivity index (χ1) is 17.2. The molecule has 0 saturated carbocycles. The van der Waals surface area contributed by atoms with Gasteiger partial charge in [0, 0.05) is 0 Å². The molecule has 0 aromatic heterocycles. The molecule has 0 aliphatic carbocycles. The van der Waals surface area contributed by atoms with E-state index >= 15 is 0 Å². The Balaban J connectivity index is -0.000000526. The van der Waals surface area contributed by atoms with Crippen molar-refractivity contribution in [1.82, 2.24) is 0 Å². The smallest absolute Gasteiger partial charge is 0.0786 e. The van der Waals surface area contributed by atoms with Crippen molar-refractivity contribution in [3.8, 4) is 0 Å². The third-order valence-electron chi connectivity index (χ3n) is 8.50. The summed E-state index contributed by atoms with van der Waals surface area (Å²) < 4.78 is 2.66. The van der Waals surface area contributed by atoms with Gasteiger partial charge in [0.1, 0.15) is 0 Å². The van der Waals surface area contributed by atoms with Crippen LogP contribution in [-0.4, -0.2) is 67.5 Å². The molecular formula is C31H68N2O3. The maximum atomic E-state index is 8.33. The van der Waals surface area contributed by atoms with Gasteiger partial charge >= 0.3 is 0 Å². The molecule has 0 rings (SSSR count). The topological polar surface area (TPSA) is 63.2 Å². The van der Waals surface area contributed by atoms with E-state index in [0.717, 1.165) is 0 Å². The number of carboxylic acid groups (broad SMARTS) is 2. The predicted octanol–water partition coefficient (Wildman–Crippen LogP) is 6.78. The molecule has 0 unspecified atom stereocenters. The van der Waals surface area contributed by atoms with Crippen molar-refractivity contribution < 1.29 is 24.0 Å². The number of carbonyl (C=O) groups is 1. The second kappa shape index (κ2) is 28.8. The van der Waals surface area contributed by atoms with Gasteiger partial charge in [-0.1, -0.05) is 78.1 Å². The van der Waals surface area contributed by atoms with Crippen molar-refractivity contribution in [3.63, 3.8) is 0 Å². The minimum absolute atomic E-state index is 1.31. The van der Waals surface area contributed by atoms with Crippen LogP contribution >= 0.6 is 0 Å². The highest BCUT2D eigenvalue weighted by atomic mass is 16.6. The number of nitrogens with zero attached hydrogens (tertiary/aromatic N) is 2. The Morgan fingerprint density at radius 3 is 0.806 bits per heavy atom. The van der Waals surface area contributed by atoms with E-state index in [1.54, 1.807) is 0 Å². The van der Waals surface area contributed by atoms with Crippen LogP contribution in [0.2, 0.25) is 0 Å². The van der Waals surface area contributed by atoms with Crippen LogP contribution in [0.1, 0.15) is 145 Å². The zero-order valence-corrected chi connectivity index (χ0v) is 26.2. The van der Waals surface area contributed by atoms with Crippen molar-refractivity contribution in [2.24, 2.45) is 0 Å². The van der Waals surface area contributed by atoms with Crippen LogP contribution in [0.3, 0.4) is 0 Å². The summed E-state index contributed by atoms with van der Waals surface area (Å²) in [7, 11) is 0. The average Bonchev–Trinajstić information content (AvgIpc) is 2.88. The van der Waals surface area contributed by atoms with Crippen LogP contribution in [0.25, 0.3) is 0 Å². The lowest BCUT2D eigenvalue weighted by Gasteiger charge is -2.35. The van der Waals surface area contributed by atoms with E-state index in [1.807, 2.05) is 0 Å². The van der Waals surface area contributed by atoms with Crippen molar-refractivity contribution in [2.45, 2.75) is 145 Å². The molecule has 0 radical (unpaired) electrons. The average molecular weight is 517 g/mol. The lowest BCUT2D eigenvalue weighted by Crippen LogP contribution is -2.48. The molecule has 0 aromatic rings. The first kappa shape index (κ1) is 39.7. The summed E-state index contributed by atoms with van der Waals surface area (Å²) in [6.07, 6.45) is 17.7. The molecule has 0 heterocycles. The Kier molecular flexibility index (Phi) is 31.7. The third-order valence-corrected chi connectivity index (χ3v) is 8.50. The fraction of sp³-hybridized carbons (Fsp3) is 0.968. The van der Waals surface area contributed by atoms with Gasteiger partial charge in [-0.3, -0.25) is 0 Å². The summed E-state index contributed by atoms with van der Waals surface area (Å²) >= 11 is 0. The molecule has 0 aliphatic rings. The Morgan fingerprint density at radius 2 is 0.611 bits per heavy atom. The summed E-state index contributed by atoms with van der Waals surface area (Å²) in [5.41, 5.74) is 0. The second-order valence-corrected chi connectivity index (χ2v) is 10.5. The summed E-state index contributed by atoms with van der Waals surface area (Å²) in [4.78, 5) is 8.33. The molecule has 36 heavy (non-hydrogen) atoms. The highest BCUT2D eigenvalue weighted by molar-refractivity contribution is 5.47. The normalized spacial score (nSPS) is 11.3. The van der Waals surface area contributed by atoms with Gasteiger partial charge in [-0.05, 0) is 73.4 Å². The number of carbonyl (C=O) groups excluding carboxylic acids is 1. The van der Waals surface area contributed by atoms with Crippen molar-refractivity contribution in [1.29, 1.82) is 0 Å². The second-order valence-electron chi connectivity index (χ2n) is 10.5.